The fourth-order valence-corrected chi connectivity index (χ4v) is 1.67. The molecule has 0 radical (unpaired) electrons. The van der Waals surface area contributed by atoms with Gasteiger partial charge in [-0.25, -0.2) is 0 Å². The van der Waals surface area contributed by atoms with Gasteiger partial charge in [-0.15, -0.1) is 0 Å². The SMILES string of the molecule is CC(=O)C(N)(Cc1ccccc1)C(C)C. The van der Waals surface area contributed by atoms with Crippen molar-refractivity contribution in [3.8, 4) is 0 Å². The van der Waals surface area contributed by atoms with E-state index in [1.807, 2.05) is 44.2 Å². The first-order valence-electron chi connectivity index (χ1n) is 5.30. The van der Waals surface area contributed by atoms with Gasteiger partial charge in [-0.05, 0) is 24.8 Å². The predicted octanol–water partition coefficient (Wildman–Crippen LogP) is 2.17. The van der Waals surface area contributed by atoms with Crippen LogP contribution in [0.1, 0.15) is 26.3 Å². The summed E-state index contributed by atoms with van der Waals surface area (Å²) in [6.07, 6.45) is 0.612. The summed E-state index contributed by atoms with van der Waals surface area (Å²) in [7, 11) is 0. The van der Waals surface area contributed by atoms with Crippen LogP contribution in [0.15, 0.2) is 30.3 Å². The van der Waals surface area contributed by atoms with Crippen LogP contribution in [0.4, 0.5) is 0 Å². The second-order valence-corrected chi connectivity index (χ2v) is 4.41. The summed E-state index contributed by atoms with van der Waals surface area (Å²) >= 11 is 0. The van der Waals surface area contributed by atoms with Crippen molar-refractivity contribution < 1.29 is 4.79 Å². The fraction of sp³-hybridized carbons (Fsp3) is 0.462. The van der Waals surface area contributed by atoms with Crippen molar-refractivity contribution in [2.75, 3.05) is 0 Å². The molecule has 0 heterocycles. The highest BCUT2D eigenvalue weighted by molar-refractivity contribution is 5.86. The summed E-state index contributed by atoms with van der Waals surface area (Å²) in [6.45, 7) is 5.55. The minimum atomic E-state index is -0.735. The molecule has 0 fully saturated rings. The average Bonchev–Trinajstić information content (AvgIpc) is 2.18. The van der Waals surface area contributed by atoms with Gasteiger partial charge in [0.2, 0.25) is 0 Å². The van der Waals surface area contributed by atoms with Crippen LogP contribution < -0.4 is 5.73 Å². The van der Waals surface area contributed by atoms with E-state index in [-0.39, 0.29) is 11.7 Å². The van der Waals surface area contributed by atoms with Gasteiger partial charge in [-0.3, -0.25) is 4.79 Å². The summed E-state index contributed by atoms with van der Waals surface area (Å²) in [6, 6.07) is 9.91. The highest BCUT2D eigenvalue weighted by Gasteiger charge is 2.34. The van der Waals surface area contributed by atoms with E-state index in [2.05, 4.69) is 0 Å². The minimum absolute atomic E-state index is 0.0568. The third kappa shape index (κ3) is 2.66. The van der Waals surface area contributed by atoms with E-state index in [0.29, 0.717) is 6.42 Å². The zero-order chi connectivity index (χ0) is 11.5. The molecule has 0 saturated heterocycles. The van der Waals surface area contributed by atoms with Crippen LogP contribution in [0, 0.1) is 5.92 Å². The molecular formula is C13H19NO. The van der Waals surface area contributed by atoms with Gasteiger partial charge in [0, 0.05) is 0 Å². The van der Waals surface area contributed by atoms with Gasteiger partial charge in [0.15, 0.2) is 0 Å². The number of Topliss-reactive ketones (excluding diaryl/α,β-unsaturated/α-hetero) is 1. The number of carbonyl (C=O) groups excluding carboxylic acids is 1. The van der Waals surface area contributed by atoms with E-state index in [9.17, 15) is 4.79 Å². The molecule has 0 aliphatic heterocycles. The maximum atomic E-state index is 11.6. The summed E-state index contributed by atoms with van der Waals surface area (Å²) in [5.41, 5.74) is 6.55. The van der Waals surface area contributed by atoms with Crippen LogP contribution in [0.25, 0.3) is 0 Å². The molecule has 0 aliphatic rings. The number of hydrogen-bond donors (Lipinski definition) is 1. The van der Waals surface area contributed by atoms with Crippen LogP contribution in [0.3, 0.4) is 0 Å². The van der Waals surface area contributed by atoms with Crippen molar-refractivity contribution in [3.05, 3.63) is 35.9 Å². The molecule has 82 valence electrons. The quantitative estimate of drug-likeness (QED) is 0.818. The van der Waals surface area contributed by atoms with Gasteiger partial charge in [0.1, 0.15) is 5.78 Å². The third-order valence-electron chi connectivity index (χ3n) is 3.03. The lowest BCUT2D eigenvalue weighted by Crippen LogP contribution is -2.53. The van der Waals surface area contributed by atoms with Crippen LogP contribution in [-0.2, 0) is 11.2 Å². The first kappa shape index (κ1) is 11.9. The Labute approximate surface area is 91.5 Å². The van der Waals surface area contributed by atoms with Crippen LogP contribution in [0.5, 0.6) is 0 Å². The maximum Gasteiger partial charge on any atom is 0.150 e. The van der Waals surface area contributed by atoms with Gasteiger partial charge in [-0.2, -0.15) is 0 Å². The largest absolute Gasteiger partial charge is 0.318 e. The smallest absolute Gasteiger partial charge is 0.150 e. The second-order valence-electron chi connectivity index (χ2n) is 4.41. The topological polar surface area (TPSA) is 43.1 Å². The molecular weight excluding hydrogens is 186 g/mol. The first-order valence-corrected chi connectivity index (χ1v) is 5.30. The first-order chi connectivity index (χ1) is 6.97. The lowest BCUT2D eigenvalue weighted by molar-refractivity contribution is -0.123. The number of rotatable bonds is 4. The number of hydrogen-bond acceptors (Lipinski definition) is 2. The van der Waals surface area contributed by atoms with Crippen molar-refractivity contribution >= 4 is 5.78 Å². The number of ketones is 1. The zero-order valence-corrected chi connectivity index (χ0v) is 9.66. The number of carbonyl (C=O) groups is 1. The number of benzene rings is 1. The van der Waals surface area contributed by atoms with E-state index in [4.69, 9.17) is 5.73 Å². The molecule has 15 heavy (non-hydrogen) atoms. The molecule has 0 bridgehead atoms. The summed E-state index contributed by atoms with van der Waals surface area (Å²) in [5.74, 6) is 0.205. The molecule has 1 rings (SSSR count). The Balaban J connectivity index is 2.90. The van der Waals surface area contributed by atoms with Crippen LogP contribution >= 0.6 is 0 Å². The van der Waals surface area contributed by atoms with Crippen molar-refractivity contribution in [1.29, 1.82) is 0 Å². The molecule has 0 aromatic heterocycles. The Morgan fingerprint density at radius 2 is 1.87 bits per heavy atom. The van der Waals surface area contributed by atoms with Crippen molar-refractivity contribution in [2.45, 2.75) is 32.7 Å². The van der Waals surface area contributed by atoms with Gasteiger partial charge in [0.05, 0.1) is 5.54 Å². The Kier molecular flexibility index (Phi) is 3.64. The molecule has 1 aromatic rings. The highest BCUT2D eigenvalue weighted by Crippen LogP contribution is 2.20. The Bertz CT molecular complexity index is 332. The Morgan fingerprint density at radius 1 is 1.33 bits per heavy atom. The van der Waals surface area contributed by atoms with Crippen molar-refractivity contribution in [3.63, 3.8) is 0 Å². The third-order valence-corrected chi connectivity index (χ3v) is 3.03. The van der Waals surface area contributed by atoms with Gasteiger partial charge < -0.3 is 5.73 Å². The molecule has 0 aliphatic carbocycles. The Hall–Kier alpha value is -1.15. The molecule has 1 atom stereocenters. The molecule has 0 amide bonds. The highest BCUT2D eigenvalue weighted by atomic mass is 16.1. The Morgan fingerprint density at radius 3 is 2.27 bits per heavy atom. The maximum absolute atomic E-state index is 11.6. The molecule has 1 aromatic carbocycles. The number of nitrogens with two attached hydrogens (primary N) is 1. The molecule has 0 saturated carbocycles. The summed E-state index contributed by atoms with van der Waals surface area (Å²) in [5, 5.41) is 0. The van der Waals surface area contributed by atoms with Gasteiger partial charge >= 0.3 is 0 Å². The lowest BCUT2D eigenvalue weighted by Gasteiger charge is -2.31. The molecule has 1 unspecified atom stereocenters. The lowest BCUT2D eigenvalue weighted by atomic mass is 9.79. The molecule has 0 spiro atoms. The predicted molar refractivity (Wildman–Crippen MR) is 62.6 cm³/mol. The normalized spacial score (nSPS) is 15.0. The summed E-state index contributed by atoms with van der Waals surface area (Å²) in [4.78, 5) is 11.6. The van der Waals surface area contributed by atoms with E-state index < -0.39 is 5.54 Å². The van der Waals surface area contributed by atoms with Gasteiger partial charge in [0.25, 0.3) is 0 Å². The molecule has 2 heteroatoms. The monoisotopic (exact) mass is 205 g/mol. The van der Waals surface area contributed by atoms with Gasteiger partial charge in [-0.1, -0.05) is 44.2 Å². The van der Waals surface area contributed by atoms with E-state index in [1.165, 1.54) is 0 Å². The second kappa shape index (κ2) is 4.58. The standard InChI is InChI=1S/C13H19NO/c1-10(2)13(14,11(3)15)9-12-7-5-4-6-8-12/h4-8,10H,9,14H2,1-3H3. The van der Waals surface area contributed by atoms with Crippen LogP contribution in [0.2, 0.25) is 0 Å². The van der Waals surface area contributed by atoms with E-state index in [1.54, 1.807) is 6.92 Å². The minimum Gasteiger partial charge on any atom is -0.318 e. The summed E-state index contributed by atoms with van der Waals surface area (Å²) < 4.78 is 0. The zero-order valence-electron chi connectivity index (χ0n) is 9.66. The van der Waals surface area contributed by atoms with E-state index in [0.717, 1.165) is 5.56 Å². The average molecular weight is 205 g/mol. The van der Waals surface area contributed by atoms with Crippen molar-refractivity contribution in [2.24, 2.45) is 11.7 Å². The van der Waals surface area contributed by atoms with Crippen LogP contribution in [-0.4, -0.2) is 11.3 Å². The molecule has 2 N–H and O–H groups in total. The van der Waals surface area contributed by atoms with Crippen molar-refractivity contribution in [1.82, 2.24) is 0 Å². The van der Waals surface area contributed by atoms with E-state index >= 15 is 0 Å². The molecule has 2 nitrogen and oxygen atoms in total. The fourth-order valence-electron chi connectivity index (χ4n) is 1.67.